The number of anilines is 1. The number of hydrogen-bond donors (Lipinski definition) is 2. The van der Waals surface area contributed by atoms with Gasteiger partial charge in [-0.05, 0) is 60.4 Å². The van der Waals surface area contributed by atoms with Crippen LogP contribution in [0.5, 0.6) is 5.75 Å². The van der Waals surface area contributed by atoms with E-state index in [9.17, 15) is 8.42 Å². The van der Waals surface area contributed by atoms with Crippen LogP contribution in [0.15, 0.2) is 71.6 Å². The maximum atomic E-state index is 13.2. The van der Waals surface area contributed by atoms with E-state index in [0.29, 0.717) is 17.1 Å². The fraction of sp³-hybridized carbons (Fsp3) is 0.240. The highest BCUT2D eigenvalue weighted by Crippen LogP contribution is 2.32. The first-order chi connectivity index (χ1) is 15.9. The first kappa shape index (κ1) is 23.2. The minimum atomic E-state index is -3.81. The zero-order chi connectivity index (χ0) is 23.4. The number of sulfonamides is 1. The highest BCUT2D eigenvalue weighted by atomic mass is 32.2. The molecule has 0 spiro atoms. The predicted molar refractivity (Wildman–Crippen MR) is 134 cm³/mol. The summed E-state index contributed by atoms with van der Waals surface area (Å²) in [6, 6.07) is 19.7. The molecule has 0 aliphatic rings. The van der Waals surface area contributed by atoms with Crippen molar-refractivity contribution in [3.63, 3.8) is 0 Å². The number of benzene rings is 3. The number of aromatic nitrogens is 1. The van der Waals surface area contributed by atoms with E-state index in [4.69, 9.17) is 15.5 Å². The fourth-order valence-corrected chi connectivity index (χ4v) is 6.13. The molecular weight excluding hydrogens is 454 g/mol. The van der Waals surface area contributed by atoms with Gasteiger partial charge < -0.3 is 10.5 Å². The summed E-state index contributed by atoms with van der Waals surface area (Å²) in [5.41, 5.74) is 9.33. The van der Waals surface area contributed by atoms with Crippen LogP contribution in [0.3, 0.4) is 0 Å². The number of nitrogens with two attached hydrogens (primary N) is 1. The second-order valence-corrected chi connectivity index (χ2v) is 10.7. The molecule has 4 aromatic rings. The average Bonchev–Trinajstić information content (AvgIpc) is 3.22. The van der Waals surface area contributed by atoms with Crippen LogP contribution in [0.25, 0.3) is 10.2 Å². The molecular formula is C25H27N3O3S2. The van der Waals surface area contributed by atoms with Crippen molar-refractivity contribution in [3.8, 4) is 5.75 Å². The molecule has 0 fully saturated rings. The lowest BCUT2D eigenvalue weighted by Gasteiger charge is -2.18. The zero-order valence-corrected chi connectivity index (χ0v) is 20.2. The van der Waals surface area contributed by atoms with Crippen molar-refractivity contribution < 1.29 is 13.2 Å². The average molecular weight is 482 g/mol. The second-order valence-electron chi connectivity index (χ2n) is 7.91. The lowest BCUT2D eigenvalue weighted by Crippen LogP contribution is -2.30. The molecule has 1 aromatic heterocycles. The molecule has 0 saturated carbocycles. The second kappa shape index (κ2) is 9.91. The number of thiazole rings is 1. The highest BCUT2D eigenvalue weighted by Gasteiger charge is 2.25. The predicted octanol–water partition coefficient (Wildman–Crippen LogP) is 5.10. The minimum Gasteiger partial charge on any atom is -0.497 e. The van der Waals surface area contributed by atoms with Crippen molar-refractivity contribution in [1.29, 1.82) is 0 Å². The zero-order valence-electron chi connectivity index (χ0n) is 18.6. The van der Waals surface area contributed by atoms with E-state index in [0.717, 1.165) is 34.4 Å². The van der Waals surface area contributed by atoms with Crippen LogP contribution in [-0.2, 0) is 22.9 Å². The first-order valence-electron chi connectivity index (χ1n) is 10.8. The molecule has 3 aromatic carbocycles. The summed E-state index contributed by atoms with van der Waals surface area (Å²) < 4.78 is 35.6. The van der Waals surface area contributed by atoms with E-state index < -0.39 is 16.1 Å². The molecule has 0 saturated heterocycles. The fourth-order valence-electron chi connectivity index (χ4n) is 3.75. The largest absolute Gasteiger partial charge is 0.497 e. The van der Waals surface area contributed by atoms with Crippen molar-refractivity contribution in [3.05, 3.63) is 82.9 Å². The van der Waals surface area contributed by atoms with Crippen molar-refractivity contribution in [2.24, 2.45) is 0 Å². The van der Waals surface area contributed by atoms with Gasteiger partial charge in [0, 0.05) is 5.69 Å². The summed E-state index contributed by atoms with van der Waals surface area (Å²) in [5, 5.41) is 0.701. The third kappa shape index (κ3) is 5.52. The quantitative estimate of drug-likeness (QED) is 0.324. The van der Waals surface area contributed by atoms with Gasteiger partial charge in [0.05, 0.1) is 28.3 Å². The summed E-state index contributed by atoms with van der Waals surface area (Å²) in [7, 11) is -2.19. The van der Waals surface area contributed by atoms with Crippen molar-refractivity contribution in [2.75, 3.05) is 12.8 Å². The Kier molecular flexibility index (Phi) is 6.97. The molecule has 1 heterocycles. The van der Waals surface area contributed by atoms with Crippen LogP contribution in [-0.4, -0.2) is 20.5 Å². The van der Waals surface area contributed by atoms with E-state index in [1.54, 1.807) is 25.3 Å². The van der Waals surface area contributed by atoms with Gasteiger partial charge in [0.15, 0.2) is 0 Å². The number of methoxy groups -OCH3 is 1. The van der Waals surface area contributed by atoms with Gasteiger partial charge in [0.2, 0.25) is 10.0 Å². The minimum absolute atomic E-state index is 0.134. The van der Waals surface area contributed by atoms with E-state index >= 15 is 0 Å². The van der Waals surface area contributed by atoms with Gasteiger partial charge in [0.1, 0.15) is 10.8 Å². The van der Waals surface area contributed by atoms with Crippen molar-refractivity contribution in [1.82, 2.24) is 9.71 Å². The number of nitrogens with zero attached hydrogens (tertiary/aromatic N) is 1. The molecule has 4 rings (SSSR count). The topological polar surface area (TPSA) is 94.3 Å². The Morgan fingerprint density at radius 2 is 1.85 bits per heavy atom. The third-order valence-electron chi connectivity index (χ3n) is 5.35. The molecule has 1 atom stereocenters. The lowest BCUT2D eigenvalue weighted by molar-refractivity contribution is 0.415. The van der Waals surface area contributed by atoms with Gasteiger partial charge >= 0.3 is 0 Å². The molecule has 0 radical (unpaired) electrons. The van der Waals surface area contributed by atoms with Gasteiger partial charge in [-0.25, -0.2) is 18.1 Å². The van der Waals surface area contributed by atoms with Crippen LogP contribution in [0.1, 0.15) is 35.5 Å². The Morgan fingerprint density at radius 1 is 1.06 bits per heavy atom. The van der Waals surface area contributed by atoms with Crippen LogP contribution in [0, 0.1) is 0 Å². The molecule has 0 amide bonds. The number of rotatable bonds is 9. The number of hydrogen-bond acceptors (Lipinski definition) is 6. The van der Waals surface area contributed by atoms with Gasteiger partial charge in [-0.15, -0.1) is 11.3 Å². The summed E-state index contributed by atoms with van der Waals surface area (Å²) >= 11 is 1.46. The molecule has 0 aliphatic heterocycles. The SMILES string of the molecule is CCCc1cccc(CC(NS(=O)(=O)c2cccc(N)c2)c2nc3ccc(OC)cc3s2)c1. The number of ether oxygens (including phenoxy) is 1. The Hall–Kier alpha value is -2.94. The molecule has 8 heteroatoms. The summed E-state index contributed by atoms with van der Waals surface area (Å²) in [6.07, 6.45) is 2.51. The van der Waals surface area contributed by atoms with E-state index in [1.807, 2.05) is 30.3 Å². The summed E-state index contributed by atoms with van der Waals surface area (Å²) in [5.74, 6) is 0.738. The molecule has 6 nitrogen and oxygen atoms in total. The first-order valence-corrected chi connectivity index (χ1v) is 13.1. The Morgan fingerprint density at radius 3 is 2.61 bits per heavy atom. The Labute approximate surface area is 198 Å². The molecule has 3 N–H and O–H groups in total. The number of fused-ring (bicyclic) bond motifs is 1. The molecule has 0 aliphatic carbocycles. The number of aryl methyl sites for hydroxylation is 1. The van der Waals surface area contributed by atoms with Crippen LogP contribution < -0.4 is 15.2 Å². The van der Waals surface area contributed by atoms with Crippen LogP contribution in [0.2, 0.25) is 0 Å². The van der Waals surface area contributed by atoms with Gasteiger partial charge in [-0.2, -0.15) is 0 Å². The standard InChI is InChI=1S/C25H27N3O3S2/c1-3-6-17-7-4-8-18(13-17)14-23(28-33(29,30)21-10-5-9-19(26)15-21)25-27-22-12-11-20(31-2)16-24(22)32-25/h4-5,7-13,15-16,23,28H,3,6,14,26H2,1-2H3. The maximum absolute atomic E-state index is 13.2. The Balaban J connectivity index is 1.72. The number of nitrogen functional groups attached to an aromatic ring is 1. The normalized spacial score (nSPS) is 12.7. The van der Waals surface area contributed by atoms with Crippen LogP contribution in [0.4, 0.5) is 5.69 Å². The van der Waals surface area contributed by atoms with E-state index in [-0.39, 0.29) is 4.90 Å². The monoisotopic (exact) mass is 481 g/mol. The summed E-state index contributed by atoms with van der Waals surface area (Å²) in [4.78, 5) is 4.88. The molecule has 1 unspecified atom stereocenters. The molecule has 172 valence electrons. The van der Waals surface area contributed by atoms with Crippen LogP contribution >= 0.6 is 11.3 Å². The highest BCUT2D eigenvalue weighted by molar-refractivity contribution is 7.89. The van der Waals surface area contributed by atoms with Gasteiger partial charge in [-0.1, -0.05) is 43.7 Å². The Bertz CT molecular complexity index is 1370. The van der Waals surface area contributed by atoms with Gasteiger partial charge in [-0.3, -0.25) is 0 Å². The maximum Gasteiger partial charge on any atom is 0.241 e. The third-order valence-corrected chi connectivity index (χ3v) is 7.95. The summed E-state index contributed by atoms with van der Waals surface area (Å²) in [6.45, 7) is 2.14. The van der Waals surface area contributed by atoms with Crippen molar-refractivity contribution >= 4 is 37.3 Å². The smallest absolute Gasteiger partial charge is 0.241 e. The van der Waals surface area contributed by atoms with E-state index in [2.05, 4.69) is 23.8 Å². The lowest BCUT2D eigenvalue weighted by atomic mass is 10.0. The number of nitrogens with one attached hydrogen (secondary N) is 1. The van der Waals surface area contributed by atoms with Gasteiger partial charge in [0.25, 0.3) is 0 Å². The van der Waals surface area contributed by atoms with Crippen molar-refractivity contribution in [2.45, 2.75) is 37.1 Å². The molecule has 33 heavy (non-hydrogen) atoms. The molecule has 0 bridgehead atoms. The van der Waals surface area contributed by atoms with E-state index in [1.165, 1.54) is 23.0 Å².